The summed E-state index contributed by atoms with van der Waals surface area (Å²) in [6, 6.07) is -2.55. The molecule has 0 saturated carbocycles. The summed E-state index contributed by atoms with van der Waals surface area (Å²) in [5.41, 5.74) is 25.5. The van der Waals surface area contributed by atoms with Gasteiger partial charge in [0.1, 0.15) is 18.1 Å². The monoisotopic (exact) mass is 438 g/mol. The van der Waals surface area contributed by atoms with Gasteiger partial charge in [-0.25, -0.2) is 0 Å². The van der Waals surface area contributed by atoms with Crippen LogP contribution in [-0.4, -0.2) is 74.9 Å². The van der Waals surface area contributed by atoms with Crippen LogP contribution in [0.1, 0.15) is 45.4 Å². The molecule has 0 heterocycles. The molecule has 14 nitrogen and oxygen atoms in total. The van der Waals surface area contributed by atoms with E-state index in [-0.39, 0.29) is 18.8 Å². The minimum atomic E-state index is -1.17. The van der Waals surface area contributed by atoms with E-state index in [1.165, 1.54) is 0 Å². The molecule has 0 aromatic heterocycles. The molecule has 0 radical (unpaired) electrons. The number of nitrogens with two attached hydrogens (primary N) is 5. The lowest BCUT2D eigenvalue weighted by atomic mass is 10.2. The maximum Gasteiger partial charge on any atom is 0.320 e. The van der Waals surface area contributed by atoms with Crippen LogP contribution in [0.3, 0.4) is 0 Å². The van der Waals surface area contributed by atoms with Crippen LogP contribution < -0.4 is 28.7 Å². The number of aliphatic carboxylic acids is 4. The van der Waals surface area contributed by atoms with Crippen molar-refractivity contribution in [2.24, 2.45) is 33.7 Å². The summed E-state index contributed by atoms with van der Waals surface area (Å²) in [5.74, 6) is -4.09. The first-order chi connectivity index (χ1) is 13.8. The number of carboxylic acids is 4. The Labute approximate surface area is 174 Å². The Morgan fingerprint density at radius 2 is 1.17 bits per heavy atom. The molecular weight excluding hydrogens is 404 g/mol. The van der Waals surface area contributed by atoms with Crippen molar-refractivity contribution < 1.29 is 39.6 Å². The standard InChI is InChI=1S/C6H14N4O2.C5H9NO4.C5H11NO2/c7-4(5(11)12)2-1-3-10-6(8)9;6-3(5(9)10)1-2-4(7)8;1-2-3-4(6)5(7)8/h4H,1-3,7H2,(H,11,12)(H4,8,9,10);3H,1-2,6H2,(H,7,8)(H,9,10);4H,2-3,6H2,1H3,(H,7,8)/t4-;3-;4-/m000/s1. The van der Waals surface area contributed by atoms with Gasteiger partial charge in [-0.15, -0.1) is 0 Å². The highest BCUT2D eigenvalue weighted by atomic mass is 16.4. The van der Waals surface area contributed by atoms with E-state index in [0.717, 1.165) is 6.42 Å². The van der Waals surface area contributed by atoms with E-state index in [1.54, 1.807) is 0 Å². The zero-order valence-corrected chi connectivity index (χ0v) is 16.9. The molecule has 14 N–H and O–H groups in total. The van der Waals surface area contributed by atoms with E-state index >= 15 is 0 Å². The summed E-state index contributed by atoms with van der Waals surface area (Å²) in [5, 5.41) is 32.8. The van der Waals surface area contributed by atoms with Gasteiger partial charge >= 0.3 is 23.9 Å². The van der Waals surface area contributed by atoms with Crippen LogP contribution in [0.4, 0.5) is 0 Å². The van der Waals surface area contributed by atoms with Crippen molar-refractivity contribution in [1.29, 1.82) is 0 Å². The average molecular weight is 438 g/mol. The third kappa shape index (κ3) is 25.0. The molecule has 0 spiro atoms. The average Bonchev–Trinajstić information content (AvgIpc) is 2.63. The number of hydrogen-bond acceptors (Lipinski definition) is 8. The summed E-state index contributed by atoms with van der Waals surface area (Å²) in [7, 11) is 0. The minimum absolute atomic E-state index is 0.0129. The number of carboxylic acid groups (broad SMARTS) is 4. The third-order valence-corrected chi connectivity index (χ3v) is 3.19. The van der Waals surface area contributed by atoms with Crippen molar-refractivity contribution in [3.8, 4) is 0 Å². The maximum absolute atomic E-state index is 10.2. The van der Waals surface area contributed by atoms with Gasteiger partial charge in [-0.05, 0) is 25.7 Å². The number of guanidine groups is 1. The smallest absolute Gasteiger partial charge is 0.320 e. The Kier molecular flexibility index (Phi) is 20.5. The predicted molar refractivity (Wildman–Crippen MR) is 109 cm³/mol. The van der Waals surface area contributed by atoms with Crippen LogP contribution in [0.25, 0.3) is 0 Å². The van der Waals surface area contributed by atoms with Gasteiger partial charge in [0, 0.05) is 13.0 Å². The summed E-state index contributed by atoms with van der Waals surface area (Å²) < 4.78 is 0. The van der Waals surface area contributed by atoms with Crippen LogP contribution in [0.15, 0.2) is 4.99 Å². The molecule has 0 aromatic rings. The van der Waals surface area contributed by atoms with Crippen molar-refractivity contribution in [3.63, 3.8) is 0 Å². The third-order valence-electron chi connectivity index (χ3n) is 3.19. The Hall–Kier alpha value is -2.97. The van der Waals surface area contributed by atoms with Crippen molar-refractivity contribution in [3.05, 3.63) is 0 Å². The van der Waals surface area contributed by atoms with Crippen LogP contribution in [0.2, 0.25) is 0 Å². The topological polar surface area (TPSA) is 292 Å². The number of nitrogens with zero attached hydrogens (tertiary/aromatic N) is 1. The fourth-order valence-electron chi connectivity index (χ4n) is 1.48. The molecule has 0 aliphatic rings. The molecule has 14 heteroatoms. The van der Waals surface area contributed by atoms with Crippen LogP contribution in [-0.2, 0) is 19.2 Å². The lowest BCUT2D eigenvalue weighted by Gasteiger charge is -2.03. The molecule has 0 rings (SSSR count). The lowest BCUT2D eigenvalue weighted by Crippen LogP contribution is -2.30. The van der Waals surface area contributed by atoms with Gasteiger partial charge in [0.25, 0.3) is 0 Å². The minimum Gasteiger partial charge on any atom is -0.481 e. The summed E-state index contributed by atoms with van der Waals surface area (Å²) in [4.78, 5) is 43.7. The van der Waals surface area contributed by atoms with Crippen LogP contribution in [0.5, 0.6) is 0 Å². The van der Waals surface area contributed by atoms with E-state index in [2.05, 4.69) is 4.99 Å². The second kappa shape index (κ2) is 19.4. The van der Waals surface area contributed by atoms with Crippen molar-refractivity contribution in [2.75, 3.05) is 6.54 Å². The van der Waals surface area contributed by atoms with E-state index in [1.807, 2.05) is 6.92 Å². The summed E-state index contributed by atoms with van der Waals surface area (Å²) in [6.07, 6.45) is 2.12. The molecule has 0 saturated heterocycles. The first-order valence-corrected chi connectivity index (χ1v) is 8.98. The summed E-state index contributed by atoms with van der Waals surface area (Å²) >= 11 is 0. The van der Waals surface area contributed by atoms with Gasteiger partial charge in [0.15, 0.2) is 5.96 Å². The maximum atomic E-state index is 10.2. The highest BCUT2D eigenvalue weighted by molar-refractivity contribution is 5.76. The molecule has 0 aromatic carbocycles. The number of aliphatic imine (C=N–C) groups is 1. The van der Waals surface area contributed by atoms with E-state index in [9.17, 15) is 19.2 Å². The van der Waals surface area contributed by atoms with E-state index in [0.29, 0.717) is 25.8 Å². The molecule has 0 amide bonds. The largest absolute Gasteiger partial charge is 0.481 e. The van der Waals surface area contributed by atoms with Gasteiger partial charge in [-0.3, -0.25) is 24.2 Å². The summed E-state index contributed by atoms with van der Waals surface area (Å²) in [6.45, 7) is 2.33. The van der Waals surface area contributed by atoms with Gasteiger partial charge in [0.05, 0.1) is 0 Å². The number of carbonyl (C=O) groups is 4. The first kappa shape index (κ1) is 31.7. The zero-order valence-electron chi connectivity index (χ0n) is 16.9. The molecule has 3 atom stereocenters. The SMILES string of the molecule is CCC[C@H](N)C(=O)O.NC(N)=NCCC[C@H](N)C(=O)O.N[C@@H](CCC(=O)O)C(=O)O. The fraction of sp³-hybridized carbons (Fsp3) is 0.688. The second-order valence-electron chi connectivity index (χ2n) is 6.00. The number of hydrogen-bond donors (Lipinski definition) is 9. The first-order valence-electron chi connectivity index (χ1n) is 8.98. The van der Waals surface area contributed by atoms with Crippen LogP contribution >= 0.6 is 0 Å². The highest BCUT2D eigenvalue weighted by Crippen LogP contribution is 1.95. The highest BCUT2D eigenvalue weighted by Gasteiger charge is 2.12. The Morgan fingerprint density at radius 1 is 0.767 bits per heavy atom. The van der Waals surface area contributed by atoms with Gasteiger partial charge < -0.3 is 49.1 Å². The van der Waals surface area contributed by atoms with Gasteiger partial charge in [0.2, 0.25) is 0 Å². The van der Waals surface area contributed by atoms with Gasteiger partial charge in [-0.1, -0.05) is 13.3 Å². The predicted octanol–water partition coefficient (Wildman–Crippen LogP) is -2.09. The Balaban J connectivity index is -0.000000372. The van der Waals surface area contributed by atoms with Crippen molar-refractivity contribution in [1.82, 2.24) is 0 Å². The van der Waals surface area contributed by atoms with Crippen molar-refractivity contribution >= 4 is 29.8 Å². The fourth-order valence-corrected chi connectivity index (χ4v) is 1.48. The molecule has 176 valence electrons. The molecule has 0 unspecified atom stereocenters. The number of rotatable bonds is 12. The molecule has 0 aliphatic carbocycles. The normalized spacial score (nSPS) is 12.5. The van der Waals surface area contributed by atoms with Crippen molar-refractivity contribution in [2.45, 2.75) is 63.6 Å². The molecule has 30 heavy (non-hydrogen) atoms. The Morgan fingerprint density at radius 3 is 1.47 bits per heavy atom. The molecular formula is C16H34N6O8. The van der Waals surface area contributed by atoms with E-state index < -0.39 is 42.0 Å². The Bertz CT molecular complexity index is 554. The molecule has 0 bridgehead atoms. The van der Waals surface area contributed by atoms with Gasteiger partial charge in [-0.2, -0.15) is 0 Å². The second-order valence-corrected chi connectivity index (χ2v) is 6.00. The molecule has 0 aliphatic heterocycles. The van der Waals surface area contributed by atoms with Crippen LogP contribution in [0, 0.1) is 0 Å². The molecule has 0 fully saturated rings. The quantitative estimate of drug-likeness (QED) is 0.0897. The lowest BCUT2D eigenvalue weighted by molar-refractivity contribution is -0.141. The zero-order chi connectivity index (χ0) is 24.3. The van der Waals surface area contributed by atoms with E-state index in [4.69, 9.17) is 49.1 Å².